The Balaban J connectivity index is 1.23. The molecular formula is C65H63N. The van der Waals surface area contributed by atoms with Crippen molar-refractivity contribution in [2.24, 2.45) is 5.92 Å². The second-order valence-corrected chi connectivity index (χ2v) is 21.4. The van der Waals surface area contributed by atoms with E-state index in [1.165, 1.54) is 110 Å². The number of hydrogen-bond donors (Lipinski definition) is 0. The normalized spacial score (nSPS) is 14.4. The largest absolute Gasteiger partial charge is 0.309 e. The predicted molar refractivity (Wildman–Crippen MR) is 288 cm³/mol. The molecule has 1 heteroatoms. The standard InChI is InChI=1S/C65H63N/c1-12-14-15-23-48(41(3)13-2)43-21-20-22-44(36-43)62-51-26-17-16-25-50(51)61(55-39-52-49-24-18-19-27-57(49)65(10,11)58(52)40-56(55)62)42-28-32-47(33-29-42)66-59-34-30-45(63(4,5)6)37-53(59)54-38-46(64(7,8)9)31-35-60(54)66/h12,14-41H,1,13H2,2-11H3/b15-14-,48-23+/t41-/m1/s1. The lowest BCUT2D eigenvalue weighted by Gasteiger charge is -2.24. The average molecular weight is 858 g/mol. The molecule has 0 radical (unpaired) electrons. The minimum Gasteiger partial charge on any atom is -0.309 e. The van der Waals surface area contributed by atoms with Crippen LogP contribution in [0.25, 0.3) is 88.0 Å². The van der Waals surface area contributed by atoms with Crippen molar-refractivity contribution < 1.29 is 0 Å². The van der Waals surface area contributed by atoms with Gasteiger partial charge in [0, 0.05) is 21.9 Å². The van der Waals surface area contributed by atoms with Gasteiger partial charge in [-0.3, -0.25) is 0 Å². The van der Waals surface area contributed by atoms with Crippen LogP contribution in [-0.2, 0) is 16.2 Å². The molecule has 66 heavy (non-hydrogen) atoms. The lowest BCUT2D eigenvalue weighted by molar-refractivity contribution is 0.590. The molecule has 0 aliphatic heterocycles. The quantitative estimate of drug-likeness (QED) is 0.106. The van der Waals surface area contributed by atoms with Gasteiger partial charge in [-0.15, -0.1) is 0 Å². The fraction of sp³-hybridized carbons (Fsp3) is 0.231. The van der Waals surface area contributed by atoms with Crippen molar-refractivity contribution in [3.63, 3.8) is 0 Å². The Labute approximate surface area is 392 Å². The summed E-state index contributed by atoms with van der Waals surface area (Å²) in [5.74, 6) is 0.403. The van der Waals surface area contributed by atoms with Crippen molar-refractivity contribution in [2.75, 3.05) is 0 Å². The number of aromatic nitrogens is 1. The molecule has 0 fully saturated rings. The summed E-state index contributed by atoms with van der Waals surface area (Å²) in [6.07, 6.45) is 9.33. The highest BCUT2D eigenvalue weighted by Crippen LogP contribution is 2.53. The Morgan fingerprint density at radius 3 is 1.76 bits per heavy atom. The highest BCUT2D eigenvalue weighted by molar-refractivity contribution is 6.22. The summed E-state index contributed by atoms with van der Waals surface area (Å²) in [6.45, 7) is 27.2. The molecular weight excluding hydrogens is 795 g/mol. The van der Waals surface area contributed by atoms with Crippen LogP contribution in [0.5, 0.6) is 0 Å². The van der Waals surface area contributed by atoms with E-state index < -0.39 is 0 Å². The zero-order valence-corrected chi connectivity index (χ0v) is 40.6. The lowest BCUT2D eigenvalue weighted by Crippen LogP contribution is -2.14. The van der Waals surface area contributed by atoms with Crippen LogP contribution in [0.4, 0.5) is 0 Å². The summed E-state index contributed by atoms with van der Waals surface area (Å²) in [4.78, 5) is 0. The minimum absolute atomic E-state index is 0.0459. The van der Waals surface area contributed by atoms with E-state index in [-0.39, 0.29) is 16.2 Å². The van der Waals surface area contributed by atoms with Gasteiger partial charge in [-0.1, -0.05) is 191 Å². The molecule has 0 N–H and O–H groups in total. The first-order valence-corrected chi connectivity index (χ1v) is 24.0. The van der Waals surface area contributed by atoms with Gasteiger partial charge in [0.2, 0.25) is 0 Å². The predicted octanol–water partition coefficient (Wildman–Crippen LogP) is 18.5. The van der Waals surface area contributed by atoms with Crippen molar-refractivity contribution in [3.05, 3.63) is 204 Å². The van der Waals surface area contributed by atoms with E-state index in [9.17, 15) is 0 Å². The molecule has 1 atom stereocenters. The molecule has 0 amide bonds. The fourth-order valence-electron chi connectivity index (χ4n) is 10.9. The maximum absolute atomic E-state index is 3.92. The monoisotopic (exact) mass is 857 g/mol. The molecule has 0 spiro atoms. The molecule has 1 aliphatic rings. The Bertz CT molecular complexity index is 3380. The molecule has 1 aliphatic carbocycles. The second-order valence-electron chi connectivity index (χ2n) is 21.4. The number of rotatable bonds is 8. The summed E-state index contributed by atoms with van der Waals surface area (Å²) < 4.78 is 2.47. The summed E-state index contributed by atoms with van der Waals surface area (Å²) >= 11 is 0. The summed E-state index contributed by atoms with van der Waals surface area (Å²) in [6, 6.07) is 56.1. The molecule has 1 aromatic heterocycles. The Morgan fingerprint density at radius 2 is 1.15 bits per heavy atom. The zero-order chi connectivity index (χ0) is 46.3. The van der Waals surface area contributed by atoms with Gasteiger partial charge in [-0.25, -0.2) is 0 Å². The smallest absolute Gasteiger partial charge is 0.0541 e. The van der Waals surface area contributed by atoms with Crippen molar-refractivity contribution in [2.45, 2.75) is 91.9 Å². The van der Waals surface area contributed by atoms with Crippen molar-refractivity contribution in [1.29, 1.82) is 0 Å². The van der Waals surface area contributed by atoms with Crippen LogP contribution in [0.1, 0.15) is 103 Å². The zero-order valence-electron chi connectivity index (χ0n) is 40.6. The highest BCUT2D eigenvalue weighted by atomic mass is 15.0. The molecule has 328 valence electrons. The van der Waals surface area contributed by atoms with Crippen LogP contribution >= 0.6 is 0 Å². The van der Waals surface area contributed by atoms with Crippen LogP contribution in [0.15, 0.2) is 176 Å². The van der Waals surface area contributed by atoms with Crippen LogP contribution in [0.2, 0.25) is 0 Å². The van der Waals surface area contributed by atoms with E-state index in [2.05, 4.69) is 238 Å². The average Bonchev–Trinajstić information content (AvgIpc) is 3.75. The molecule has 1 nitrogen and oxygen atoms in total. The maximum Gasteiger partial charge on any atom is 0.0541 e. The molecule has 8 aromatic carbocycles. The van der Waals surface area contributed by atoms with Gasteiger partial charge < -0.3 is 4.57 Å². The van der Waals surface area contributed by atoms with E-state index >= 15 is 0 Å². The number of benzene rings is 8. The molecule has 10 rings (SSSR count). The number of fused-ring (bicyclic) bond motifs is 8. The third-order valence-electron chi connectivity index (χ3n) is 14.8. The van der Waals surface area contributed by atoms with Crippen molar-refractivity contribution >= 4 is 48.9 Å². The number of allylic oxidation sites excluding steroid dienone is 5. The Morgan fingerprint density at radius 1 is 0.561 bits per heavy atom. The molecule has 0 saturated heterocycles. The highest BCUT2D eigenvalue weighted by Gasteiger charge is 2.36. The van der Waals surface area contributed by atoms with Crippen molar-refractivity contribution in [1.82, 2.24) is 4.57 Å². The molecule has 1 heterocycles. The lowest BCUT2D eigenvalue weighted by atomic mass is 9.79. The van der Waals surface area contributed by atoms with Gasteiger partial charge in [0.15, 0.2) is 0 Å². The number of hydrogen-bond acceptors (Lipinski definition) is 0. The first-order valence-electron chi connectivity index (χ1n) is 24.0. The van der Waals surface area contributed by atoms with Gasteiger partial charge in [0.25, 0.3) is 0 Å². The van der Waals surface area contributed by atoms with Gasteiger partial charge in [0.05, 0.1) is 11.0 Å². The SMILES string of the molecule is C=C/C=C\C=C(\c1cccc(-c2c3ccccc3c(-c3ccc(-n4c5ccc(C(C)(C)C)cc5c5cc(C(C)(C)C)ccc54)cc3)c3cc4c(cc23)C(C)(C)c2ccccc2-4)c1)[C@H](C)CC. The van der Waals surface area contributed by atoms with Gasteiger partial charge >= 0.3 is 0 Å². The van der Waals surface area contributed by atoms with Gasteiger partial charge in [-0.2, -0.15) is 0 Å². The Hall–Kier alpha value is -6.70. The number of nitrogens with zero attached hydrogens (tertiary/aromatic N) is 1. The second kappa shape index (κ2) is 16.0. The molecule has 0 unspecified atom stereocenters. The topological polar surface area (TPSA) is 4.93 Å². The van der Waals surface area contributed by atoms with E-state index in [1.807, 2.05) is 12.2 Å². The third-order valence-corrected chi connectivity index (χ3v) is 14.8. The van der Waals surface area contributed by atoms with Gasteiger partial charge in [-0.05, 0) is 166 Å². The first kappa shape index (κ1) is 43.2. The summed E-state index contributed by atoms with van der Waals surface area (Å²) in [5, 5.41) is 7.71. The maximum atomic E-state index is 3.92. The molecule has 0 saturated carbocycles. The van der Waals surface area contributed by atoms with Crippen LogP contribution in [0.3, 0.4) is 0 Å². The van der Waals surface area contributed by atoms with Crippen LogP contribution < -0.4 is 0 Å². The van der Waals surface area contributed by atoms with Crippen LogP contribution in [0, 0.1) is 5.92 Å². The van der Waals surface area contributed by atoms with E-state index in [0.717, 1.165) is 12.1 Å². The van der Waals surface area contributed by atoms with Gasteiger partial charge in [0.1, 0.15) is 0 Å². The van der Waals surface area contributed by atoms with E-state index in [0.29, 0.717) is 5.92 Å². The molecule has 0 bridgehead atoms. The van der Waals surface area contributed by atoms with E-state index in [4.69, 9.17) is 0 Å². The third kappa shape index (κ3) is 7.07. The van der Waals surface area contributed by atoms with E-state index in [1.54, 1.807) is 0 Å². The summed E-state index contributed by atoms with van der Waals surface area (Å²) in [7, 11) is 0. The van der Waals surface area contributed by atoms with Crippen LogP contribution in [-0.4, -0.2) is 4.57 Å². The molecule has 9 aromatic rings. The summed E-state index contributed by atoms with van der Waals surface area (Å²) in [5.41, 5.74) is 19.4. The minimum atomic E-state index is -0.139. The first-order chi connectivity index (χ1) is 31.6. The Kier molecular flexibility index (Phi) is 10.5. The fourth-order valence-corrected chi connectivity index (χ4v) is 10.9. The van der Waals surface area contributed by atoms with Crippen molar-refractivity contribution in [3.8, 4) is 39.1 Å².